The standard InChI is InChI=1S/C12H10N2O2.2C11H8N.ClH.Ir/c1-8-2-4-13-10(6-8)11-7-9(12(15)16)3-5-14-11;2*1-2-6-10(7-3-1)11-8-4-5-9-12-11;;/h2-7H,1H3,(H,15,16);2*1-6,8-9H;1H;/q;2*-1;;+3/p-1. The van der Waals surface area contributed by atoms with Crippen LogP contribution in [-0.2, 0) is 20.1 Å². The van der Waals surface area contributed by atoms with E-state index in [1.807, 2.05) is 104 Å². The van der Waals surface area contributed by atoms with Crippen LogP contribution in [0.5, 0.6) is 0 Å². The summed E-state index contributed by atoms with van der Waals surface area (Å²) in [5, 5.41) is 10.7. The zero-order chi connectivity index (χ0) is 28.0. The summed E-state index contributed by atoms with van der Waals surface area (Å²) in [4.78, 5) is 27.3. The van der Waals surface area contributed by atoms with E-state index in [2.05, 4.69) is 32.1 Å². The van der Waals surface area contributed by atoms with Crippen molar-refractivity contribution in [3.63, 3.8) is 0 Å². The average Bonchev–Trinajstić information content (AvgIpc) is 3.03. The van der Waals surface area contributed by atoms with E-state index in [0.29, 0.717) is 11.4 Å². The number of carboxylic acids is 1. The second-order valence-electron chi connectivity index (χ2n) is 8.42. The first-order valence-electron chi connectivity index (χ1n) is 12.5. The largest absolute Gasteiger partial charge is 3.00 e. The topological polar surface area (TPSA) is 91.7 Å². The third kappa shape index (κ3) is 10.4. The molecule has 4 heterocycles. The second kappa shape index (κ2) is 18.0. The van der Waals surface area contributed by atoms with Crippen LogP contribution in [0.1, 0.15) is 15.9 Å². The van der Waals surface area contributed by atoms with Crippen LogP contribution in [0.3, 0.4) is 0 Å². The number of rotatable bonds is 4. The van der Waals surface area contributed by atoms with Crippen molar-refractivity contribution in [3.8, 4) is 33.9 Å². The molecule has 0 spiro atoms. The summed E-state index contributed by atoms with van der Waals surface area (Å²) in [7, 11) is 0. The maximum atomic E-state index is 10.7. The van der Waals surface area contributed by atoms with Gasteiger partial charge in [0.25, 0.3) is 0 Å². The molecule has 0 radical (unpaired) electrons. The maximum absolute atomic E-state index is 10.7. The molecule has 0 saturated heterocycles. The zero-order valence-corrected chi connectivity index (χ0v) is 25.8. The Hall–Kier alpha value is -4.55. The predicted molar refractivity (Wildman–Crippen MR) is 161 cm³/mol. The Kier molecular flexibility index (Phi) is 14.4. The first-order chi connectivity index (χ1) is 19.6. The molecule has 4 aromatic heterocycles. The van der Waals surface area contributed by atoms with Crippen molar-refractivity contribution in [1.82, 2.24) is 19.9 Å². The maximum Gasteiger partial charge on any atom is 3.00 e. The van der Waals surface area contributed by atoms with Crippen LogP contribution in [0, 0.1) is 19.1 Å². The molecule has 0 amide bonds. The summed E-state index contributed by atoms with van der Waals surface area (Å²) in [6, 6.07) is 40.2. The molecule has 0 aliphatic heterocycles. The van der Waals surface area contributed by atoms with Gasteiger partial charge in [0.05, 0.1) is 17.4 Å². The quantitative estimate of drug-likeness (QED) is 0.196. The molecule has 6 aromatic rings. The Morgan fingerprint density at radius 2 is 1.07 bits per heavy atom. The molecule has 0 saturated carbocycles. The van der Waals surface area contributed by atoms with Gasteiger partial charge in [-0.15, -0.1) is 84.2 Å². The van der Waals surface area contributed by atoms with Crippen LogP contribution in [-0.4, -0.2) is 25.9 Å². The number of hydrogen-bond acceptors (Lipinski definition) is 6. The summed E-state index contributed by atoms with van der Waals surface area (Å²) >= 11 is 0. The van der Waals surface area contributed by atoms with E-state index in [1.165, 1.54) is 18.3 Å². The van der Waals surface area contributed by atoms with E-state index in [1.54, 1.807) is 18.6 Å². The molecule has 0 aliphatic rings. The summed E-state index contributed by atoms with van der Waals surface area (Å²) in [5.74, 6) is -1.21. The van der Waals surface area contributed by atoms with Crippen molar-refractivity contribution in [2.75, 3.05) is 0 Å². The number of hydrogen-bond donors (Lipinski definition) is 0. The van der Waals surface area contributed by atoms with Crippen LogP contribution < -0.4 is 5.11 Å². The Balaban J connectivity index is 0.000000218. The van der Waals surface area contributed by atoms with Crippen molar-refractivity contribution in [2.24, 2.45) is 0 Å². The van der Waals surface area contributed by atoms with E-state index in [0.717, 1.165) is 28.1 Å². The molecule has 0 N–H and O–H groups in total. The number of carbonyl (C=O) groups excluding carboxylic acids is 1. The number of aromatic nitrogens is 4. The molecular formula is C34H26ClIrN4O2. The molecule has 0 aliphatic carbocycles. The van der Waals surface area contributed by atoms with Gasteiger partial charge in [0.1, 0.15) is 0 Å². The van der Waals surface area contributed by atoms with E-state index in [9.17, 15) is 9.90 Å². The molecule has 0 unspecified atom stereocenters. The minimum atomic E-state index is -1.21. The van der Waals surface area contributed by atoms with Crippen LogP contribution in [0.15, 0.2) is 134 Å². The molecule has 0 atom stereocenters. The normalized spacial score (nSPS) is 9.36. The summed E-state index contributed by atoms with van der Waals surface area (Å²) in [5.41, 5.74) is 6.36. The van der Waals surface area contributed by atoms with Gasteiger partial charge in [-0.05, 0) is 60.3 Å². The number of pyridine rings is 4. The molecule has 0 bridgehead atoms. The van der Waals surface area contributed by atoms with Crippen molar-refractivity contribution >= 4 is 18.4 Å². The van der Waals surface area contributed by atoms with Crippen molar-refractivity contribution < 1.29 is 30.0 Å². The molecular weight excluding hydrogens is 724 g/mol. The fraction of sp³-hybridized carbons (Fsp3) is 0.0294. The van der Waals surface area contributed by atoms with Crippen LogP contribution in [0.2, 0.25) is 0 Å². The third-order valence-electron chi connectivity index (χ3n) is 5.47. The molecule has 42 heavy (non-hydrogen) atoms. The van der Waals surface area contributed by atoms with Crippen LogP contribution in [0.4, 0.5) is 0 Å². The van der Waals surface area contributed by atoms with Gasteiger partial charge in [-0.1, -0.05) is 24.3 Å². The summed E-state index contributed by atoms with van der Waals surface area (Å²) in [6.45, 7) is 1.94. The van der Waals surface area contributed by atoms with E-state index in [4.69, 9.17) is 0 Å². The smallest absolute Gasteiger partial charge is 0.545 e. The van der Waals surface area contributed by atoms with Gasteiger partial charge in [0, 0.05) is 30.4 Å². The van der Waals surface area contributed by atoms with Gasteiger partial charge in [-0.2, -0.15) is 0 Å². The number of benzene rings is 2. The Labute approximate surface area is 265 Å². The number of aryl methyl sites for hydroxylation is 1. The van der Waals surface area contributed by atoms with E-state index in [-0.39, 0.29) is 38.1 Å². The Morgan fingerprint density at radius 3 is 1.50 bits per heavy atom. The number of carbonyl (C=O) groups is 1. The first-order valence-corrected chi connectivity index (χ1v) is 12.5. The number of halogens is 1. The van der Waals surface area contributed by atoms with Crippen LogP contribution in [0.25, 0.3) is 33.9 Å². The molecule has 6 rings (SSSR count). The minimum Gasteiger partial charge on any atom is -0.545 e. The molecule has 210 valence electrons. The van der Waals surface area contributed by atoms with E-state index < -0.39 is 5.97 Å². The monoisotopic (exact) mass is 750 g/mol. The first kappa shape index (κ1) is 33.7. The molecule has 8 heteroatoms. The van der Waals surface area contributed by atoms with Gasteiger partial charge < -0.3 is 19.9 Å². The van der Waals surface area contributed by atoms with Crippen LogP contribution >= 0.6 is 12.4 Å². The van der Waals surface area contributed by atoms with Crippen molar-refractivity contribution in [1.29, 1.82) is 0 Å². The van der Waals surface area contributed by atoms with Crippen molar-refractivity contribution in [2.45, 2.75) is 6.92 Å². The zero-order valence-electron chi connectivity index (χ0n) is 22.5. The van der Waals surface area contributed by atoms with Gasteiger partial charge in [0.2, 0.25) is 0 Å². The predicted octanol–water partition coefficient (Wildman–Crippen LogP) is 6.33. The third-order valence-corrected chi connectivity index (χ3v) is 5.47. The second-order valence-corrected chi connectivity index (χ2v) is 8.42. The summed E-state index contributed by atoms with van der Waals surface area (Å²) in [6.07, 6.45) is 6.68. The minimum absolute atomic E-state index is 0. The van der Waals surface area contributed by atoms with Gasteiger partial charge >= 0.3 is 20.1 Å². The van der Waals surface area contributed by atoms with Gasteiger partial charge in [-0.3, -0.25) is 9.97 Å². The molecule has 6 nitrogen and oxygen atoms in total. The Morgan fingerprint density at radius 1 is 0.595 bits per heavy atom. The van der Waals surface area contributed by atoms with Crippen molar-refractivity contribution in [3.05, 3.63) is 157 Å². The van der Waals surface area contributed by atoms with Gasteiger partial charge in [0.15, 0.2) is 0 Å². The summed E-state index contributed by atoms with van der Waals surface area (Å²) < 4.78 is 0. The van der Waals surface area contributed by atoms with E-state index >= 15 is 0 Å². The molecule has 0 fully saturated rings. The average molecular weight is 750 g/mol. The number of aromatic carboxylic acids is 1. The SMILES string of the molecule is Cc1ccnc(-c2cc(C(=O)[O-])ccn2)c1.Cl.[Ir+3].[c-]1ccccc1-c1ccccn1.[c-]1ccccc1-c1ccccn1. The molecule has 2 aromatic carbocycles. The number of nitrogens with zero attached hydrogens (tertiary/aromatic N) is 4. The number of carboxylic acid groups (broad SMARTS) is 1. The fourth-order valence-corrected chi connectivity index (χ4v) is 3.52. The Bertz CT molecular complexity index is 1480. The fourth-order valence-electron chi connectivity index (χ4n) is 3.52. The van der Waals surface area contributed by atoms with Gasteiger partial charge in [-0.25, -0.2) is 0 Å².